The van der Waals surface area contributed by atoms with Crippen molar-refractivity contribution in [1.82, 2.24) is 4.90 Å². The molecule has 0 N–H and O–H groups in total. The summed E-state index contributed by atoms with van der Waals surface area (Å²) in [5.41, 5.74) is 1.19. The first kappa shape index (κ1) is 17.7. The van der Waals surface area contributed by atoms with Gasteiger partial charge in [-0.2, -0.15) is 0 Å². The molecule has 3 rings (SSSR count). The predicted molar refractivity (Wildman–Crippen MR) is 94.2 cm³/mol. The van der Waals surface area contributed by atoms with Crippen molar-refractivity contribution in [1.29, 1.82) is 0 Å². The lowest BCUT2D eigenvalue weighted by molar-refractivity contribution is -0.109. The number of furan rings is 1. The first-order valence-corrected chi connectivity index (χ1v) is 8.66. The van der Waals surface area contributed by atoms with Gasteiger partial charge in [-0.1, -0.05) is 44.2 Å². The Balaban J connectivity index is 1.73. The van der Waals surface area contributed by atoms with Crippen LogP contribution < -0.4 is 0 Å². The standard InChI is InChI=1S/C20H25NO4/c1-14(2)18-12-21(11-16-9-10-17(24-16)20(22)23-3)13-19(25-18)15-7-5-4-6-8-15/h4-10,14,18-19H,11-13H2,1-3H3/t18-,19+/m1/s1. The summed E-state index contributed by atoms with van der Waals surface area (Å²) in [5.74, 6) is 0.981. The van der Waals surface area contributed by atoms with Gasteiger partial charge in [0.2, 0.25) is 5.76 Å². The van der Waals surface area contributed by atoms with Gasteiger partial charge in [-0.25, -0.2) is 4.79 Å². The van der Waals surface area contributed by atoms with Crippen LogP contribution in [0, 0.1) is 5.92 Å². The largest absolute Gasteiger partial charge is 0.463 e. The number of carbonyl (C=O) groups is 1. The van der Waals surface area contributed by atoms with Crippen molar-refractivity contribution in [3.8, 4) is 0 Å². The Morgan fingerprint density at radius 3 is 2.64 bits per heavy atom. The molecular weight excluding hydrogens is 318 g/mol. The zero-order valence-electron chi connectivity index (χ0n) is 15.0. The number of nitrogens with zero attached hydrogens (tertiary/aromatic N) is 1. The van der Waals surface area contributed by atoms with E-state index in [2.05, 4.69) is 30.9 Å². The number of carbonyl (C=O) groups excluding carboxylic acids is 1. The fourth-order valence-corrected chi connectivity index (χ4v) is 3.10. The quantitative estimate of drug-likeness (QED) is 0.776. The second kappa shape index (κ2) is 7.85. The maximum atomic E-state index is 11.5. The molecule has 0 amide bonds. The minimum Gasteiger partial charge on any atom is -0.463 e. The van der Waals surface area contributed by atoms with Crippen LogP contribution in [0.4, 0.5) is 0 Å². The number of methoxy groups -OCH3 is 1. The SMILES string of the molecule is COC(=O)c1ccc(CN2C[C@@H](c3ccccc3)O[C@@H](C(C)C)C2)o1. The molecule has 134 valence electrons. The van der Waals surface area contributed by atoms with Crippen molar-refractivity contribution in [3.05, 3.63) is 59.5 Å². The van der Waals surface area contributed by atoms with E-state index in [-0.39, 0.29) is 18.0 Å². The zero-order valence-corrected chi connectivity index (χ0v) is 15.0. The molecule has 2 aromatic rings. The van der Waals surface area contributed by atoms with Gasteiger partial charge >= 0.3 is 5.97 Å². The third-order valence-electron chi connectivity index (χ3n) is 4.54. The molecule has 0 saturated carbocycles. The Hall–Kier alpha value is -2.11. The summed E-state index contributed by atoms with van der Waals surface area (Å²) in [7, 11) is 1.35. The highest BCUT2D eigenvalue weighted by molar-refractivity contribution is 5.86. The van der Waals surface area contributed by atoms with E-state index >= 15 is 0 Å². The molecule has 5 heteroatoms. The van der Waals surface area contributed by atoms with Crippen LogP contribution in [0.1, 0.15) is 41.8 Å². The Labute approximate surface area is 148 Å². The smallest absolute Gasteiger partial charge is 0.373 e. The van der Waals surface area contributed by atoms with Crippen molar-refractivity contribution in [3.63, 3.8) is 0 Å². The molecule has 2 atom stereocenters. The van der Waals surface area contributed by atoms with E-state index < -0.39 is 5.97 Å². The average Bonchev–Trinajstić information content (AvgIpc) is 3.10. The van der Waals surface area contributed by atoms with Crippen LogP contribution in [0.25, 0.3) is 0 Å². The molecule has 0 spiro atoms. The van der Waals surface area contributed by atoms with Gasteiger partial charge in [0.05, 0.1) is 25.9 Å². The summed E-state index contributed by atoms with van der Waals surface area (Å²) in [5, 5.41) is 0. The van der Waals surface area contributed by atoms with Gasteiger partial charge in [-0.3, -0.25) is 4.90 Å². The first-order valence-electron chi connectivity index (χ1n) is 8.66. The van der Waals surface area contributed by atoms with E-state index in [0.717, 1.165) is 18.8 Å². The molecule has 0 bridgehead atoms. The van der Waals surface area contributed by atoms with Crippen LogP contribution in [-0.2, 0) is 16.0 Å². The normalized spacial score (nSPS) is 21.4. The van der Waals surface area contributed by atoms with E-state index in [4.69, 9.17) is 13.9 Å². The molecule has 1 aliphatic rings. The molecule has 1 fully saturated rings. The molecule has 5 nitrogen and oxygen atoms in total. The number of hydrogen-bond acceptors (Lipinski definition) is 5. The van der Waals surface area contributed by atoms with E-state index in [1.807, 2.05) is 24.3 Å². The number of morpholine rings is 1. The highest BCUT2D eigenvalue weighted by Crippen LogP contribution is 2.29. The summed E-state index contributed by atoms with van der Waals surface area (Å²) in [6.45, 7) is 6.64. The van der Waals surface area contributed by atoms with Crippen molar-refractivity contribution >= 4 is 5.97 Å². The van der Waals surface area contributed by atoms with E-state index in [9.17, 15) is 4.79 Å². The number of esters is 1. The molecule has 0 unspecified atom stereocenters. The van der Waals surface area contributed by atoms with Crippen LogP contribution in [0.3, 0.4) is 0 Å². The second-order valence-corrected chi connectivity index (χ2v) is 6.77. The van der Waals surface area contributed by atoms with Crippen molar-refractivity contribution in [2.24, 2.45) is 5.92 Å². The highest BCUT2D eigenvalue weighted by atomic mass is 16.5. The Morgan fingerprint density at radius 1 is 1.20 bits per heavy atom. The fourth-order valence-electron chi connectivity index (χ4n) is 3.10. The lowest BCUT2D eigenvalue weighted by atomic mass is 10.0. The van der Waals surface area contributed by atoms with Crippen molar-refractivity contribution in [2.45, 2.75) is 32.6 Å². The van der Waals surface area contributed by atoms with Crippen LogP contribution in [-0.4, -0.2) is 37.2 Å². The summed E-state index contributed by atoms with van der Waals surface area (Å²) in [6.07, 6.45) is 0.200. The molecule has 25 heavy (non-hydrogen) atoms. The molecule has 0 aliphatic carbocycles. The molecule has 1 aliphatic heterocycles. The summed E-state index contributed by atoms with van der Waals surface area (Å²) in [4.78, 5) is 13.9. The van der Waals surface area contributed by atoms with Crippen molar-refractivity contribution in [2.75, 3.05) is 20.2 Å². The van der Waals surface area contributed by atoms with Gasteiger partial charge in [0.1, 0.15) is 5.76 Å². The maximum Gasteiger partial charge on any atom is 0.373 e. The second-order valence-electron chi connectivity index (χ2n) is 6.77. The predicted octanol–water partition coefficient (Wildman–Crippen LogP) is 3.66. The van der Waals surface area contributed by atoms with E-state index in [0.29, 0.717) is 12.5 Å². The molecule has 1 aromatic heterocycles. The average molecular weight is 343 g/mol. The Morgan fingerprint density at radius 2 is 1.96 bits per heavy atom. The summed E-state index contributed by atoms with van der Waals surface area (Å²) < 4.78 is 16.6. The summed E-state index contributed by atoms with van der Waals surface area (Å²) in [6, 6.07) is 13.8. The van der Waals surface area contributed by atoms with Crippen LogP contribution in [0.15, 0.2) is 46.9 Å². The minimum absolute atomic E-state index is 0.0392. The number of rotatable bonds is 5. The maximum absolute atomic E-state index is 11.5. The van der Waals surface area contributed by atoms with Gasteiger partial charge in [0.25, 0.3) is 0 Å². The fraction of sp³-hybridized carbons (Fsp3) is 0.450. The van der Waals surface area contributed by atoms with Gasteiger partial charge in [-0.05, 0) is 23.6 Å². The topological polar surface area (TPSA) is 51.9 Å². The Kier molecular flexibility index (Phi) is 5.56. The number of hydrogen-bond donors (Lipinski definition) is 0. The van der Waals surface area contributed by atoms with E-state index in [1.165, 1.54) is 12.7 Å². The van der Waals surface area contributed by atoms with Gasteiger partial charge < -0.3 is 13.9 Å². The highest BCUT2D eigenvalue weighted by Gasteiger charge is 2.31. The van der Waals surface area contributed by atoms with Gasteiger partial charge in [0, 0.05) is 13.1 Å². The number of ether oxygens (including phenoxy) is 2. The van der Waals surface area contributed by atoms with E-state index in [1.54, 1.807) is 6.07 Å². The summed E-state index contributed by atoms with van der Waals surface area (Å²) >= 11 is 0. The lowest BCUT2D eigenvalue weighted by Gasteiger charge is -2.39. The molecule has 1 aromatic carbocycles. The van der Waals surface area contributed by atoms with Crippen LogP contribution >= 0.6 is 0 Å². The van der Waals surface area contributed by atoms with Crippen LogP contribution in [0.2, 0.25) is 0 Å². The van der Waals surface area contributed by atoms with Gasteiger partial charge in [0.15, 0.2) is 0 Å². The van der Waals surface area contributed by atoms with Crippen LogP contribution in [0.5, 0.6) is 0 Å². The monoisotopic (exact) mass is 343 g/mol. The Bertz CT molecular complexity index is 695. The third-order valence-corrected chi connectivity index (χ3v) is 4.54. The number of benzene rings is 1. The first-order chi connectivity index (χ1) is 12.1. The molecule has 0 radical (unpaired) electrons. The third kappa shape index (κ3) is 4.30. The molecular formula is C20H25NO4. The molecule has 2 heterocycles. The molecule has 1 saturated heterocycles. The lowest BCUT2D eigenvalue weighted by Crippen LogP contribution is -2.45. The minimum atomic E-state index is -0.449. The van der Waals surface area contributed by atoms with Gasteiger partial charge in [-0.15, -0.1) is 0 Å². The zero-order chi connectivity index (χ0) is 17.8. The van der Waals surface area contributed by atoms with Crippen molar-refractivity contribution < 1.29 is 18.7 Å².